The average molecular weight is 323 g/mol. The van der Waals surface area contributed by atoms with Crippen LogP contribution in [0.1, 0.15) is 21.5 Å². The summed E-state index contributed by atoms with van der Waals surface area (Å²) >= 11 is 0. The summed E-state index contributed by atoms with van der Waals surface area (Å²) in [6.07, 6.45) is 0. The highest BCUT2D eigenvalue weighted by molar-refractivity contribution is 5.93. The van der Waals surface area contributed by atoms with Gasteiger partial charge in [0.05, 0.1) is 11.6 Å². The minimum absolute atomic E-state index is 0.0780. The van der Waals surface area contributed by atoms with Crippen molar-refractivity contribution in [3.8, 4) is 11.8 Å². The van der Waals surface area contributed by atoms with Crippen molar-refractivity contribution in [2.75, 3.05) is 27.2 Å². The number of likely N-dealkylation sites (N-methyl/N-ethyl adjacent to an activating group) is 1. The molecule has 124 valence electrons. The quantitative estimate of drug-likeness (QED) is 0.850. The van der Waals surface area contributed by atoms with E-state index >= 15 is 0 Å². The lowest BCUT2D eigenvalue weighted by Gasteiger charge is -2.17. The van der Waals surface area contributed by atoms with E-state index in [-0.39, 0.29) is 5.91 Å². The predicted molar refractivity (Wildman–Crippen MR) is 92.8 cm³/mol. The molecule has 0 aliphatic rings. The molecule has 5 heteroatoms. The number of amides is 1. The largest absolute Gasteiger partial charge is 0.492 e. The first-order valence-corrected chi connectivity index (χ1v) is 7.75. The molecule has 24 heavy (non-hydrogen) atoms. The van der Waals surface area contributed by atoms with Crippen molar-refractivity contribution in [3.63, 3.8) is 0 Å². The lowest BCUT2D eigenvalue weighted by atomic mass is 10.1. The highest BCUT2D eigenvalue weighted by Gasteiger charge is 2.05. The Kier molecular flexibility index (Phi) is 6.35. The normalized spacial score (nSPS) is 10.2. The van der Waals surface area contributed by atoms with Crippen molar-refractivity contribution in [1.82, 2.24) is 10.2 Å². The maximum Gasteiger partial charge on any atom is 0.251 e. The lowest BCUT2D eigenvalue weighted by molar-refractivity contribution is 0.0963. The van der Waals surface area contributed by atoms with E-state index in [0.29, 0.717) is 17.7 Å². The zero-order chi connectivity index (χ0) is 17.4. The molecular weight excluding hydrogens is 302 g/mol. The Morgan fingerprint density at radius 2 is 1.83 bits per heavy atom. The SMILES string of the molecule is CNC(=O)c1ccc(CN(C)CCOc2ccc(C#N)cc2)cc1. The van der Waals surface area contributed by atoms with Crippen LogP contribution in [0.25, 0.3) is 0 Å². The Hall–Kier alpha value is -2.84. The molecule has 0 radical (unpaired) electrons. The van der Waals surface area contributed by atoms with Crippen molar-refractivity contribution in [3.05, 3.63) is 65.2 Å². The van der Waals surface area contributed by atoms with E-state index in [9.17, 15) is 4.79 Å². The molecule has 0 saturated heterocycles. The number of hydrogen-bond acceptors (Lipinski definition) is 4. The second-order valence-corrected chi connectivity index (χ2v) is 5.50. The molecule has 1 amide bonds. The third-order valence-electron chi connectivity index (χ3n) is 3.62. The zero-order valence-corrected chi connectivity index (χ0v) is 14.0. The van der Waals surface area contributed by atoms with E-state index < -0.39 is 0 Å². The van der Waals surface area contributed by atoms with Crippen molar-refractivity contribution in [2.45, 2.75) is 6.54 Å². The number of rotatable bonds is 7. The van der Waals surface area contributed by atoms with E-state index in [1.165, 1.54) is 0 Å². The Bertz CT molecular complexity index is 703. The summed E-state index contributed by atoms with van der Waals surface area (Å²) in [5.74, 6) is 0.683. The fraction of sp³-hybridized carbons (Fsp3) is 0.263. The molecule has 0 atom stereocenters. The summed E-state index contributed by atoms with van der Waals surface area (Å²) < 4.78 is 5.67. The monoisotopic (exact) mass is 323 g/mol. The highest BCUT2D eigenvalue weighted by atomic mass is 16.5. The van der Waals surface area contributed by atoms with Crippen molar-refractivity contribution in [1.29, 1.82) is 5.26 Å². The Morgan fingerprint density at radius 3 is 2.42 bits per heavy atom. The molecule has 0 saturated carbocycles. The smallest absolute Gasteiger partial charge is 0.251 e. The van der Waals surface area contributed by atoms with Gasteiger partial charge < -0.3 is 10.1 Å². The fourth-order valence-electron chi connectivity index (χ4n) is 2.24. The maximum absolute atomic E-state index is 11.5. The van der Waals surface area contributed by atoms with Crippen LogP contribution < -0.4 is 10.1 Å². The van der Waals surface area contributed by atoms with Gasteiger partial charge in [-0.05, 0) is 49.0 Å². The third kappa shape index (κ3) is 5.11. The van der Waals surface area contributed by atoms with Crippen LogP contribution in [0.15, 0.2) is 48.5 Å². The second kappa shape index (κ2) is 8.70. The van der Waals surface area contributed by atoms with Gasteiger partial charge in [0, 0.05) is 25.7 Å². The Morgan fingerprint density at radius 1 is 1.17 bits per heavy atom. The van der Waals surface area contributed by atoms with Gasteiger partial charge in [-0.2, -0.15) is 5.26 Å². The number of ether oxygens (including phenoxy) is 1. The van der Waals surface area contributed by atoms with Crippen LogP contribution >= 0.6 is 0 Å². The van der Waals surface area contributed by atoms with Crippen molar-refractivity contribution >= 4 is 5.91 Å². The van der Waals surface area contributed by atoms with Crippen LogP contribution in [0.3, 0.4) is 0 Å². The summed E-state index contributed by atoms with van der Waals surface area (Å²) in [6.45, 7) is 2.13. The molecule has 0 fully saturated rings. The topological polar surface area (TPSA) is 65.4 Å². The molecule has 2 aromatic rings. The standard InChI is InChI=1S/C19H21N3O2/c1-21-19(23)17-7-3-16(4-8-17)14-22(2)11-12-24-18-9-5-15(13-20)6-10-18/h3-10H,11-12,14H2,1-2H3,(H,21,23). The van der Waals surface area contributed by atoms with E-state index in [4.69, 9.17) is 10.00 Å². The van der Waals surface area contributed by atoms with Gasteiger partial charge >= 0.3 is 0 Å². The van der Waals surface area contributed by atoms with Crippen molar-refractivity contribution < 1.29 is 9.53 Å². The highest BCUT2D eigenvalue weighted by Crippen LogP contribution is 2.12. The molecule has 1 N–H and O–H groups in total. The molecular formula is C19H21N3O2. The molecule has 0 aliphatic carbocycles. The van der Waals surface area contributed by atoms with Crippen molar-refractivity contribution in [2.24, 2.45) is 0 Å². The molecule has 2 rings (SSSR count). The first kappa shape index (κ1) is 17.5. The molecule has 0 spiro atoms. The van der Waals surface area contributed by atoms with Crippen LogP contribution in [0.4, 0.5) is 0 Å². The molecule has 0 aliphatic heterocycles. The zero-order valence-electron chi connectivity index (χ0n) is 14.0. The van der Waals surface area contributed by atoms with Gasteiger partial charge in [0.2, 0.25) is 0 Å². The number of nitrogens with zero attached hydrogens (tertiary/aromatic N) is 2. The van der Waals surface area contributed by atoms with Crippen LogP contribution in [0.5, 0.6) is 5.75 Å². The summed E-state index contributed by atoms with van der Waals surface area (Å²) in [5, 5.41) is 11.4. The van der Waals surface area contributed by atoms with E-state index in [1.807, 2.05) is 31.3 Å². The molecule has 2 aromatic carbocycles. The number of benzene rings is 2. The maximum atomic E-state index is 11.5. The van der Waals surface area contributed by atoms with Gasteiger partial charge in [-0.25, -0.2) is 0 Å². The first-order chi connectivity index (χ1) is 11.6. The van der Waals surface area contributed by atoms with Crippen LogP contribution in [-0.4, -0.2) is 38.1 Å². The Balaban J connectivity index is 1.77. The average Bonchev–Trinajstić information content (AvgIpc) is 2.62. The number of hydrogen-bond donors (Lipinski definition) is 1. The summed E-state index contributed by atoms with van der Waals surface area (Å²) in [4.78, 5) is 13.7. The first-order valence-electron chi connectivity index (χ1n) is 7.75. The predicted octanol–water partition coefficient (Wildman–Crippen LogP) is 2.43. The summed E-state index contributed by atoms with van der Waals surface area (Å²) in [5.41, 5.74) is 2.43. The number of nitrogens with one attached hydrogen (secondary N) is 1. The van der Waals surface area contributed by atoms with Gasteiger partial charge in [-0.3, -0.25) is 9.69 Å². The number of carbonyl (C=O) groups excluding carboxylic acids is 1. The van der Waals surface area contributed by atoms with E-state index in [2.05, 4.69) is 16.3 Å². The second-order valence-electron chi connectivity index (χ2n) is 5.50. The van der Waals surface area contributed by atoms with Crippen LogP contribution in [0.2, 0.25) is 0 Å². The minimum atomic E-state index is -0.0780. The molecule has 0 bridgehead atoms. The van der Waals surface area contributed by atoms with E-state index in [0.717, 1.165) is 24.4 Å². The van der Waals surface area contributed by atoms with Crippen LogP contribution in [0, 0.1) is 11.3 Å². The van der Waals surface area contributed by atoms with Gasteiger partial charge in [-0.1, -0.05) is 12.1 Å². The van der Waals surface area contributed by atoms with Gasteiger partial charge in [-0.15, -0.1) is 0 Å². The van der Waals surface area contributed by atoms with Gasteiger partial charge in [0.25, 0.3) is 5.91 Å². The number of carbonyl (C=O) groups is 1. The van der Waals surface area contributed by atoms with E-state index in [1.54, 1.807) is 31.3 Å². The van der Waals surface area contributed by atoms with Crippen LogP contribution in [-0.2, 0) is 6.54 Å². The fourth-order valence-corrected chi connectivity index (χ4v) is 2.24. The third-order valence-corrected chi connectivity index (χ3v) is 3.62. The Labute approximate surface area is 142 Å². The minimum Gasteiger partial charge on any atom is -0.492 e. The molecule has 0 unspecified atom stereocenters. The molecule has 5 nitrogen and oxygen atoms in total. The summed E-state index contributed by atoms with van der Waals surface area (Å²) in [6, 6.07) is 16.8. The lowest BCUT2D eigenvalue weighted by Crippen LogP contribution is -2.24. The summed E-state index contributed by atoms with van der Waals surface area (Å²) in [7, 11) is 3.65. The molecule has 0 aromatic heterocycles. The molecule has 0 heterocycles. The van der Waals surface area contributed by atoms with Gasteiger partial charge in [0.1, 0.15) is 12.4 Å². The number of nitriles is 1. The van der Waals surface area contributed by atoms with Gasteiger partial charge in [0.15, 0.2) is 0 Å².